The van der Waals surface area contributed by atoms with Gasteiger partial charge in [-0.2, -0.15) is 0 Å². The summed E-state index contributed by atoms with van der Waals surface area (Å²) in [6.45, 7) is 0. The lowest BCUT2D eigenvalue weighted by molar-refractivity contribution is -0.117. The molecule has 0 aromatic heterocycles. The van der Waals surface area contributed by atoms with Gasteiger partial charge in [-0.25, -0.2) is 0 Å². The van der Waals surface area contributed by atoms with Crippen LogP contribution in [0.3, 0.4) is 0 Å². The molecule has 4 atom stereocenters. The average molecular weight is 403 g/mol. The average Bonchev–Trinajstić information content (AvgIpc) is 3.26. The van der Waals surface area contributed by atoms with Crippen molar-refractivity contribution in [3.8, 4) is 0 Å². The third-order valence-electron chi connectivity index (χ3n) is 5.73. The first-order valence-corrected chi connectivity index (χ1v) is 9.47. The fourth-order valence-electron chi connectivity index (χ4n) is 4.37. The Kier molecular flexibility index (Phi) is 3.75. The van der Waals surface area contributed by atoms with Gasteiger partial charge in [-0.15, -0.1) is 23.2 Å². The molecule has 3 aliphatic rings. The summed E-state index contributed by atoms with van der Waals surface area (Å²) in [7, 11) is 0. The summed E-state index contributed by atoms with van der Waals surface area (Å²) < 4.78 is 0.537. The molecule has 1 aromatic rings. The number of hydrogen-bond donors (Lipinski definition) is 1. The zero-order chi connectivity index (χ0) is 15.5. The van der Waals surface area contributed by atoms with Crippen molar-refractivity contribution in [2.45, 2.75) is 30.0 Å². The van der Waals surface area contributed by atoms with Gasteiger partial charge < -0.3 is 5.32 Å². The largest absolute Gasteiger partial charge is 0.326 e. The van der Waals surface area contributed by atoms with Gasteiger partial charge in [-0.3, -0.25) is 4.79 Å². The SMILES string of the molecule is O=C(Nc1ccc(Br)cc1)C1C2CCC3C(CCC21)C3(Cl)Cl. The molecule has 0 aliphatic heterocycles. The molecule has 3 fully saturated rings. The molecule has 0 saturated heterocycles. The first-order chi connectivity index (χ1) is 10.5. The summed E-state index contributed by atoms with van der Waals surface area (Å²) in [5.41, 5.74) is 0.871. The van der Waals surface area contributed by atoms with E-state index in [1.54, 1.807) is 0 Å². The van der Waals surface area contributed by atoms with E-state index in [0.29, 0.717) is 23.7 Å². The highest BCUT2D eigenvalue weighted by molar-refractivity contribution is 9.10. The summed E-state index contributed by atoms with van der Waals surface area (Å²) in [4.78, 5) is 12.5. The molecule has 0 radical (unpaired) electrons. The van der Waals surface area contributed by atoms with Crippen molar-refractivity contribution in [2.24, 2.45) is 29.6 Å². The Bertz CT molecular complexity index is 581. The fraction of sp³-hybridized carbons (Fsp3) is 0.588. The first-order valence-electron chi connectivity index (χ1n) is 7.92. The number of alkyl halides is 2. The molecule has 0 bridgehead atoms. The Morgan fingerprint density at radius 1 is 1.05 bits per heavy atom. The number of carbonyl (C=O) groups excluding carboxylic acids is 1. The highest BCUT2D eigenvalue weighted by Gasteiger charge is 2.65. The molecule has 3 saturated carbocycles. The van der Waals surface area contributed by atoms with Gasteiger partial charge in [0.25, 0.3) is 0 Å². The van der Waals surface area contributed by atoms with Crippen LogP contribution in [0.4, 0.5) is 5.69 Å². The lowest BCUT2D eigenvalue weighted by Crippen LogP contribution is -2.15. The molecule has 2 nitrogen and oxygen atoms in total. The zero-order valence-corrected chi connectivity index (χ0v) is 15.2. The van der Waals surface area contributed by atoms with E-state index in [4.69, 9.17) is 23.2 Å². The smallest absolute Gasteiger partial charge is 0.228 e. The number of nitrogens with one attached hydrogen (secondary N) is 1. The van der Waals surface area contributed by atoms with E-state index in [1.165, 1.54) is 0 Å². The first kappa shape index (κ1) is 15.3. The number of fused-ring (bicyclic) bond motifs is 2. The molecule has 1 N–H and O–H groups in total. The molecular weight excluding hydrogens is 385 g/mol. The molecule has 4 rings (SSSR count). The molecule has 118 valence electrons. The second kappa shape index (κ2) is 5.39. The van der Waals surface area contributed by atoms with E-state index in [0.717, 1.165) is 35.8 Å². The van der Waals surface area contributed by atoms with Crippen molar-refractivity contribution in [1.29, 1.82) is 0 Å². The van der Waals surface area contributed by atoms with Gasteiger partial charge >= 0.3 is 0 Å². The molecule has 0 spiro atoms. The van der Waals surface area contributed by atoms with Crippen LogP contribution < -0.4 is 5.32 Å². The Hall–Kier alpha value is -0.250. The monoisotopic (exact) mass is 401 g/mol. The molecule has 4 unspecified atom stereocenters. The number of amides is 1. The Morgan fingerprint density at radius 3 is 2.14 bits per heavy atom. The van der Waals surface area contributed by atoms with Gasteiger partial charge in [0.15, 0.2) is 0 Å². The van der Waals surface area contributed by atoms with E-state index < -0.39 is 4.33 Å². The van der Waals surface area contributed by atoms with Gasteiger partial charge in [0.1, 0.15) is 4.33 Å². The second-order valence-electron chi connectivity index (χ2n) is 6.89. The van der Waals surface area contributed by atoms with E-state index in [-0.39, 0.29) is 11.8 Å². The minimum Gasteiger partial charge on any atom is -0.326 e. The number of benzene rings is 1. The minimum atomic E-state index is -0.480. The van der Waals surface area contributed by atoms with Crippen LogP contribution in [0.1, 0.15) is 25.7 Å². The van der Waals surface area contributed by atoms with Crippen molar-refractivity contribution < 1.29 is 4.79 Å². The van der Waals surface area contributed by atoms with E-state index in [1.807, 2.05) is 24.3 Å². The number of rotatable bonds is 2. The maximum atomic E-state index is 12.5. The van der Waals surface area contributed by atoms with E-state index >= 15 is 0 Å². The normalized spacial score (nSPS) is 38.0. The lowest BCUT2D eigenvalue weighted by Gasteiger charge is -2.05. The maximum absolute atomic E-state index is 12.5. The van der Waals surface area contributed by atoms with Crippen LogP contribution in [0.25, 0.3) is 0 Å². The van der Waals surface area contributed by atoms with Crippen LogP contribution in [0.2, 0.25) is 0 Å². The molecule has 3 aliphatic carbocycles. The van der Waals surface area contributed by atoms with Crippen LogP contribution in [-0.4, -0.2) is 10.2 Å². The van der Waals surface area contributed by atoms with Crippen molar-refractivity contribution >= 4 is 50.7 Å². The van der Waals surface area contributed by atoms with Gasteiger partial charge in [0, 0.05) is 16.1 Å². The summed E-state index contributed by atoms with van der Waals surface area (Å²) in [6, 6.07) is 7.74. The quantitative estimate of drug-likeness (QED) is 0.673. The number of anilines is 1. The number of halogens is 3. The molecule has 1 aromatic carbocycles. The second-order valence-corrected chi connectivity index (χ2v) is 9.25. The zero-order valence-electron chi connectivity index (χ0n) is 12.1. The molecule has 1 amide bonds. The minimum absolute atomic E-state index is 0.177. The topological polar surface area (TPSA) is 29.1 Å². The lowest BCUT2D eigenvalue weighted by atomic mass is 10.0. The standard InChI is InChI=1S/C17H18BrCl2NO/c18-9-1-3-10(4-2-9)21-16(22)15-11-5-7-13-14(17(13,19)20)8-6-12(11)15/h1-4,11-15H,5-8H2,(H,21,22). The van der Waals surface area contributed by atoms with E-state index in [9.17, 15) is 4.79 Å². The Balaban J connectivity index is 1.37. The summed E-state index contributed by atoms with van der Waals surface area (Å²) in [5, 5.41) is 3.06. The van der Waals surface area contributed by atoms with Crippen molar-refractivity contribution in [2.75, 3.05) is 5.32 Å². The van der Waals surface area contributed by atoms with E-state index in [2.05, 4.69) is 21.2 Å². The molecule has 5 heteroatoms. The molecule has 0 heterocycles. The fourth-order valence-corrected chi connectivity index (χ4v) is 5.55. The predicted molar refractivity (Wildman–Crippen MR) is 93.1 cm³/mol. The summed E-state index contributed by atoms with van der Waals surface area (Å²) in [5.74, 6) is 2.32. The Labute approximate surface area is 149 Å². The van der Waals surface area contributed by atoms with Crippen LogP contribution in [0.5, 0.6) is 0 Å². The molecular formula is C17H18BrCl2NO. The van der Waals surface area contributed by atoms with Gasteiger partial charge in [0.2, 0.25) is 5.91 Å². The number of hydrogen-bond acceptors (Lipinski definition) is 1. The summed E-state index contributed by atoms with van der Waals surface area (Å²) >= 11 is 16.0. The third kappa shape index (κ3) is 2.59. The van der Waals surface area contributed by atoms with Crippen LogP contribution >= 0.6 is 39.1 Å². The summed E-state index contributed by atoms with van der Waals surface area (Å²) in [6.07, 6.45) is 4.32. The van der Waals surface area contributed by atoms with Crippen molar-refractivity contribution in [1.82, 2.24) is 0 Å². The number of carbonyl (C=O) groups is 1. The van der Waals surface area contributed by atoms with Gasteiger partial charge in [-0.1, -0.05) is 15.9 Å². The van der Waals surface area contributed by atoms with Gasteiger partial charge in [0.05, 0.1) is 0 Å². The highest BCUT2D eigenvalue weighted by atomic mass is 79.9. The van der Waals surface area contributed by atoms with Crippen molar-refractivity contribution in [3.05, 3.63) is 28.7 Å². The van der Waals surface area contributed by atoms with Gasteiger partial charge in [-0.05, 0) is 73.6 Å². The van der Waals surface area contributed by atoms with Crippen LogP contribution in [-0.2, 0) is 4.79 Å². The molecule has 22 heavy (non-hydrogen) atoms. The third-order valence-corrected chi connectivity index (χ3v) is 7.38. The Morgan fingerprint density at radius 2 is 1.59 bits per heavy atom. The maximum Gasteiger partial charge on any atom is 0.228 e. The van der Waals surface area contributed by atoms with Crippen molar-refractivity contribution in [3.63, 3.8) is 0 Å². The van der Waals surface area contributed by atoms with Crippen LogP contribution in [0.15, 0.2) is 28.7 Å². The highest BCUT2D eigenvalue weighted by Crippen LogP contribution is 2.67. The van der Waals surface area contributed by atoms with Crippen LogP contribution in [0, 0.1) is 29.6 Å². The predicted octanol–water partition coefficient (Wildman–Crippen LogP) is 5.24.